The van der Waals surface area contributed by atoms with Crippen LogP contribution in [-0.2, 0) is 4.79 Å². The van der Waals surface area contributed by atoms with Crippen molar-refractivity contribution in [2.75, 3.05) is 26.6 Å². The lowest BCUT2D eigenvalue weighted by Crippen LogP contribution is -2.19. The van der Waals surface area contributed by atoms with Crippen LogP contribution in [0.2, 0.25) is 0 Å². The fourth-order valence-corrected chi connectivity index (χ4v) is 1.74. The number of ether oxygens (including phenoxy) is 3. The van der Waals surface area contributed by atoms with E-state index < -0.39 is 0 Å². The molecule has 0 heterocycles. The van der Waals surface area contributed by atoms with Gasteiger partial charge in [-0.1, -0.05) is 0 Å². The zero-order valence-electron chi connectivity index (χ0n) is 12.8. The van der Waals surface area contributed by atoms with Gasteiger partial charge in [-0.2, -0.15) is 0 Å². The molecule has 1 amide bonds. The molecule has 1 aromatic rings. The summed E-state index contributed by atoms with van der Waals surface area (Å²) in [5.41, 5.74) is 6.22. The Bertz CT molecular complexity index is 441. The van der Waals surface area contributed by atoms with E-state index in [2.05, 4.69) is 5.32 Å². The molecule has 0 aliphatic heterocycles. The fourth-order valence-electron chi connectivity index (χ4n) is 1.74. The number of halogens is 1. The van der Waals surface area contributed by atoms with Crippen LogP contribution in [0.5, 0.6) is 17.2 Å². The molecule has 0 radical (unpaired) electrons. The van der Waals surface area contributed by atoms with Crippen molar-refractivity contribution in [2.24, 2.45) is 5.73 Å². The molecule has 1 aromatic carbocycles. The first-order chi connectivity index (χ1) is 9.51. The smallest absolute Gasteiger partial charge is 0.224 e. The minimum Gasteiger partial charge on any atom is -0.493 e. The molecule has 120 valence electrons. The number of hydrogen-bond donors (Lipinski definition) is 2. The minimum absolute atomic E-state index is 0. The minimum atomic E-state index is -0.100. The van der Waals surface area contributed by atoms with Crippen molar-refractivity contribution < 1.29 is 19.0 Å². The van der Waals surface area contributed by atoms with Crippen LogP contribution < -0.4 is 25.3 Å². The molecule has 1 unspecified atom stereocenters. The van der Waals surface area contributed by atoms with Crippen LogP contribution in [0, 0.1) is 0 Å². The zero-order chi connectivity index (χ0) is 15.1. The van der Waals surface area contributed by atoms with E-state index in [0.717, 1.165) is 0 Å². The van der Waals surface area contributed by atoms with Crippen molar-refractivity contribution in [3.8, 4) is 17.2 Å². The molecule has 0 saturated heterocycles. The molecule has 0 saturated carbocycles. The molecule has 3 N–H and O–H groups in total. The predicted molar refractivity (Wildman–Crippen MR) is 84.9 cm³/mol. The van der Waals surface area contributed by atoms with Gasteiger partial charge in [0, 0.05) is 30.3 Å². The van der Waals surface area contributed by atoms with Crippen LogP contribution in [0.3, 0.4) is 0 Å². The van der Waals surface area contributed by atoms with Crippen LogP contribution in [0.25, 0.3) is 0 Å². The lowest BCUT2D eigenvalue weighted by molar-refractivity contribution is -0.116. The Balaban J connectivity index is 0.00000400. The molecule has 0 aromatic heterocycles. The quantitative estimate of drug-likeness (QED) is 0.805. The lowest BCUT2D eigenvalue weighted by atomic mass is 10.2. The average molecular weight is 319 g/mol. The molecule has 7 heteroatoms. The van der Waals surface area contributed by atoms with E-state index in [1.54, 1.807) is 12.1 Å². The van der Waals surface area contributed by atoms with Crippen LogP contribution in [0.15, 0.2) is 12.1 Å². The first-order valence-corrected chi connectivity index (χ1v) is 6.37. The van der Waals surface area contributed by atoms with Crippen molar-refractivity contribution >= 4 is 24.0 Å². The molecule has 1 rings (SSSR count). The Morgan fingerprint density at radius 2 is 1.71 bits per heavy atom. The molecule has 0 aliphatic carbocycles. The number of carbonyl (C=O) groups excluding carboxylic acids is 1. The van der Waals surface area contributed by atoms with Gasteiger partial charge in [0.25, 0.3) is 0 Å². The van der Waals surface area contributed by atoms with Gasteiger partial charge in [0.15, 0.2) is 11.5 Å². The third-order valence-electron chi connectivity index (χ3n) is 2.78. The van der Waals surface area contributed by atoms with Gasteiger partial charge in [-0.05, 0) is 13.3 Å². The number of nitrogens with one attached hydrogen (secondary N) is 1. The van der Waals surface area contributed by atoms with E-state index in [0.29, 0.717) is 35.8 Å². The average Bonchev–Trinajstić information content (AvgIpc) is 2.43. The summed E-state index contributed by atoms with van der Waals surface area (Å²) >= 11 is 0. The summed E-state index contributed by atoms with van der Waals surface area (Å²) in [6.07, 6.45) is 1.00. The van der Waals surface area contributed by atoms with E-state index in [9.17, 15) is 4.79 Å². The Labute approximate surface area is 131 Å². The Hall–Kier alpha value is -1.66. The SMILES string of the molecule is COc1cc(NC(=O)CCC(C)N)cc(OC)c1OC.Cl. The third kappa shape index (κ3) is 5.69. The Morgan fingerprint density at radius 3 is 2.10 bits per heavy atom. The topological polar surface area (TPSA) is 82.8 Å². The van der Waals surface area contributed by atoms with Gasteiger partial charge in [-0.15, -0.1) is 12.4 Å². The second-order valence-corrected chi connectivity index (χ2v) is 4.48. The summed E-state index contributed by atoms with van der Waals surface area (Å²) in [5.74, 6) is 1.38. The summed E-state index contributed by atoms with van der Waals surface area (Å²) in [6, 6.07) is 3.37. The third-order valence-corrected chi connectivity index (χ3v) is 2.78. The summed E-state index contributed by atoms with van der Waals surface area (Å²) in [5, 5.41) is 2.79. The van der Waals surface area contributed by atoms with Gasteiger partial charge in [0.05, 0.1) is 21.3 Å². The monoisotopic (exact) mass is 318 g/mol. The second kappa shape index (κ2) is 9.31. The maximum Gasteiger partial charge on any atom is 0.224 e. The first kappa shape index (κ1) is 19.3. The number of methoxy groups -OCH3 is 3. The Kier molecular flexibility index (Phi) is 8.57. The van der Waals surface area contributed by atoms with Gasteiger partial charge in [-0.25, -0.2) is 0 Å². The number of rotatable bonds is 7. The number of amides is 1. The molecule has 6 nitrogen and oxygen atoms in total. The van der Waals surface area contributed by atoms with E-state index >= 15 is 0 Å². The van der Waals surface area contributed by atoms with Gasteiger partial charge < -0.3 is 25.3 Å². The molecule has 21 heavy (non-hydrogen) atoms. The molecule has 1 atom stereocenters. The van der Waals surface area contributed by atoms with E-state index in [4.69, 9.17) is 19.9 Å². The largest absolute Gasteiger partial charge is 0.493 e. The van der Waals surface area contributed by atoms with E-state index in [-0.39, 0.29) is 24.4 Å². The van der Waals surface area contributed by atoms with Crippen molar-refractivity contribution in [2.45, 2.75) is 25.8 Å². The van der Waals surface area contributed by atoms with Gasteiger partial charge in [0.2, 0.25) is 11.7 Å². The lowest BCUT2D eigenvalue weighted by Gasteiger charge is -2.14. The highest BCUT2D eigenvalue weighted by Gasteiger charge is 2.14. The summed E-state index contributed by atoms with van der Waals surface area (Å²) in [4.78, 5) is 11.8. The fraction of sp³-hybridized carbons (Fsp3) is 0.500. The van der Waals surface area contributed by atoms with Crippen LogP contribution in [-0.4, -0.2) is 33.3 Å². The summed E-state index contributed by atoms with van der Waals surface area (Å²) in [6.45, 7) is 1.87. The van der Waals surface area contributed by atoms with E-state index in [1.165, 1.54) is 21.3 Å². The normalized spacial score (nSPS) is 11.1. The summed E-state index contributed by atoms with van der Waals surface area (Å²) < 4.78 is 15.7. The maximum absolute atomic E-state index is 11.8. The number of hydrogen-bond acceptors (Lipinski definition) is 5. The highest BCUT2D eigenvalue weighted by atomic mass is 35.5. The van der Waals surface area contributed by atoms with Crippen LogP contribution in [0.4, 0.5) is 5.69 Å². The second-order valence-electron chi connectivity index (χ2n) is 4.48. The number of anilines is 1. The molecule has 0 spiro atoms. The molecule has 0 bridgehead atoms. The van der Waals surface area contributed by atoms with Crippen molar-refractivity contribution in [1.82, 2.24) is 0 Å². The van der Waals surface area contributed by atoms with Gasteiger partial charge in [0.1, 0.15) is 0 Å². The van der Waals surface area contributed by atoms with Crippen molar-refractivity contribution in [3.05, 3.63) is 12.1 Å². The Morgan fingerprint density at radius 1 is 1.19 bits per heavy atom. The molecule has 0 aliphatic rings. The van der Waals surface area contributed by atoms with Gasteiger partial charge in [-0.3, -0.25) is 4.79 Å². The summed E-state index contributed by atoms with van der Waals surface area (Å²) in [7, 11) is 4.58. The van der Waals surface area contributed by atoms with Gasteiger partial charge >= 0.3 is 0 Å². The standard InChI is InChI=1S/C14H22N2O4.ClH/c1-9(15)5-6-13(17)16-10-7-11(18-2)14(20-4)12(8-10)19-3;/h7-9H,5-6,15H2,1-4H3,(H,16,17);1H. The molecule has 0 fully saturated rings. The van der Waals surface area contributed by atoms with Crippen LogP contribution >= 0.6 is 12.4 Å². The van der Waals surface area contributed by atoms with Crippen molar-refractivity contribution in [3.63, 3.8) is 0 Å². The molecular formula is C14H23ClN2O4. The van der Waals surface area contributed by atoms with Crippen LogP contribution in [0.1, 0.15) is 19.8 Å². The highest BCUT2D eigenvalue weighted by molar-refractivity contribution is 5.91. The van der Waals surface area contributed by atoms with E-state index in [1.807, 2.05) is 6.92 Å². The van der Waals surface area contributed by atoms with Crippen molar-refractivity contribution in [1.29, 1.82) is 0 Å². The zero-order valence-corrected chi connectivity index (χ0v) is 13.6. The molecular weight excluding hydrogens is 296 g/mol. The number of carbonyl (C=O) groups is 1. The number of nitrogens with two attached hydrogens (primary N) is 1. The highest BCUT2D eigenvalue weighted by Crippen LogP contribution is 2.39. The first-order valence-electron chi connectivity index (χ1n) is 6.37. The predicted octanol–water partition coefficient (Wildman–Crippen LogP) is 2.20. The maximum atomic E-state index is 11.8. The number of benzene rings is 1.